The average molecular weight is 121 g/mol. The first-order chi connectivity index (χ1) is 3.35. The molecule has 43 valence electrons. The lowest BCUT2D eigenvalue weighted by atomic mass is 11.0. The average Bonchev–Trinajstić information content (AvgIpc) is 1.72. The molecule has 1 radical (unpaired) electrons. The van der Waals surface area contributed by atoms with Crippen LogP contribution in [0.25, 0.3) is 0 Å². The molecule has 0 aliphatic rings. The predicted octanol–water partition coefficient (Wildman–Crippen LogP) is 1.43. The van der Waals surface area contributed by atoms with Crippen LogP contribution in [-0.2, 0) is 9.05 Å². The van der Waals surface area contributed by atoms with E-state index in [1.54, 1.807) is 14.2 Å². The van der Waals surface area contributed by atoms with Gasteiger partial charge in [-0.15, -0.1) is 0 Å². The number of rotatable bonds is 3. The van der Waals surface area contributed by atoms with Crippen LogP contribution in [0.3, 0.4) is 0 Å². The molecular weight excluding hydrogens is 111 g/mol. The SMILES string of the molecule is [CH2]CP(OC)OC. The summed E-state index contributed by atoms with van der Waals surface area (Å²) in [6, 6.07) is 0. The van der Waals surface area contributed by atoms with E-state index >= 15 is 0 Å². The molecule has 0 aromatic heterocycles. The monoisotopic (exact) mass is 121 g/mol. The highest BCUT2D eigenvalue weighted by Crippen LogP contribution is 2.34. The summed E-state index contributed by atoms with van der Waals surface area (Å²) in [5.74, 6) is 0. The summed E-state index contributed by atoms with van der Waals surface area (Å²) >= 11 is 0. The molecule has 0 saturated carbocycles. The predicted molar refractivity (Wildman–Crippen MR) is 31.2 cm³/mol. The van der Waals surface area contributed by atoms with Gasteiger partial charge >= 0.3 is 0 Å². The Balaban J connectivity index is 2.99. The van der Waals surface area contributed by atoms with E-state index in [0.29, 0.717) is 0 Å². The van der Waals surface area contributed by atoms with Gasteiger partial charge in [0.1, 0.15) is 0 Å². The van der Waals surface area contributed by atoms with Gasteiger partial charge in [0.05, 0.1) is 0 Å². The fraction of sp³-hybridized carbons (Fsp3) is 0.750. The Morgan fingerprint density at radius 3 is 1.86 bits per heavy atom. The summed E-state index contributed by atoms with van der Waals surface area (Å²) in [6.45, 7) is 3.61. The highest BCUT2D eigenvalue weighted by Gasteiger charge is 1.97. The maximum Gasteiger partial charge on any atom is 0.169 e. The summed E-state index contributed by atoms with van der Waals surface area (Å²) in [6.07, 6.45) is 0.725. The third-order valence-electron chi connectivity index (χ3n) is 0.590. The largest absolute Gasteiger partial charge is 0.337 e. The Labute approximate surface area is 45.7 Å². The molecule has 0 aromatic carbocycles. The fourth-order valence-electron chi connectivity index (χ4n) is 0.257. The van der Waals surface area contributed by atoms with Crippen molar-refractivity contribution >= 4 is 8.38 Å². The van der Waals surface area contributed by atoms with E-state index in [0.717, 1.165) is 6.16 Å². The van der Waals surface area contributed by atoms with Gasteiger partial charge in [0.15, 0.2) is 8.38 Å². The van der Waals surface area contributed by atoms with E-state index in [1.165, 1.54) is 0 Å². The van der Waals surface area contributed by atoms with Gasteiger partial charge in [0.2, 0.25) is 0 Å². The van der Waals surface area contributed by atoms with E-state index in [9.17, 15) is 0 Å². The summed E-state index contributed by atoms with van der Waals surface area (Å²) in [4.78, 5) is 0. The molecule has 0 atom stereocenters. The first-order valence-electron chi connectivity index (χ1n) is 2.00. The third kappa shape index (κ3) is 2.98. The molecule has 0 rings (SSSR count). The molecule has 0 unspecified atom stereocenters. The second-order valence-electron chi connectivity index (χ2n) is 0.921. The van der Waals surface area contributed by atoms with Crippen molar-refractivity contribution in [1.82, 2.24) is 0 Å². The Morgan fingerprint density at radius 1 is 1.43 bits per heavy atom. The maximum absolute atomic E-state index is 4.83. The van der Waals surface area contributed by atoms with Crippen molar-refractivity contribution < 1.29 is 9.05 Å². The zero-order valence-electron chi connectivity index (χ0n) is 4.68. The van der Waals surface area contributed by atoms with Crippen LogP contribution in [0.4, 0.5) is 0 Å². The quantitative estimate of drug-likeness (QED) is 0.526. The second kappa shape index (κ2) is 4.51. The Hall–Kier alpha value is 0.350. The Kier molecular flexibility index (Phi) is 4.73. The molecule has 7 heavy (non-hydrogen) atoms. The van der Waals surface area contributed by atoms with Gasteiger partial charge in [-0.25, -0.2) is 0 Å². The summed E-state index contributed by atoms with van der Waals surface area (Å²) < 4.78 is 9.66. The van der Waals surface area contributed by atoms with Crippen LogP contribution in [-0.4, -0.2) is 20.4 Å². The minimum Gasteiger partial charge on any atom is -0.337 e. The summed E-state index contributed by atoms with van der Waals surface area (Å²) in [5.41, 5.74) is 0. The van der Waals surface area contributed by atoms with Gasteiger partial charge < -0.3 is 9.05 Å². The molecule has 2 nitrogen and oxygen atoms in total. The molecule has 0 spiro atoms. The van der Waals surface area contributed by atoms with E-state index in [4.69, 9.17) is 9.05 Å². The van der Waals surface area contributed by atoms with Crippen molar-refractivity contribution in [3.05, 3.63) is 6.92 Å². The standard InChI is InChI=1S/C4H10O2P/c1-4-7(5-2)6-3/h1,4H2,2-3H3. The fourth-order valence-corrected chi connectivity index (χ4v) is 0.771. The summed E-state index contributed by atoms with van der Waals surface area (Å²) in [7, 11) is 2.59. The van der Waals surface area contributed by atoms with E-state index in [1.807, 2.05) is 0 Å². The number of hydrogen-bond acceptors (Lipinski definition) is 2. The molecule has 0 saturated heterocycles. The van der Waals surface area contributed by atoms with Crippen molar-refractivity contribution in [2.75, 3.05) is 20.4 Å². The first-order valence-corrected chi connectivity index (χ1v) is 3.36. The van der Waals surface area contributed by atoms with Gasteiger partial charge in [0.25, 0.3) is 0 Å². The molecular formula is C4H10O2P. The highest BCUT2D eigenvalue weighted by atomic mass is 31.2. The van der Waals surface area contributed by atoms with Crippen LogP contribution in [0, 0.1) is 6.92 Å². The second-order valence-corrected chi connectivity index (χ2v) is 2.76. The van der Waals surface area contributed by atoms with Crippen molar-refractivity contribution in [2.24, 2.45) is 0 Å². The Bertz CT molecular complexity index is 31.2. The van der Waals surface area contributed by atoms with Gasteiger partial charge in [-0.1, -0.05) is 0 Å². The van der Waals surface area contributed by atoms with Crippen LogP contribution in [0.15, 0.2) is 0 Å². The lowest BCUT2D eigenvalue weighted by molar-refractivity contribution is 0.343. The summed E-state index contributed by atoms with van der Waals surface area (Å²) in [5, 5.41) is 0. The van der Waals surface area contributed by atoms with Crippen molar-refractivity contribution in [3.63, 3.8) is 0 Å². The van der Waals surface area contributed by atoms with Crippen molar-refractivity contribution in [2.45, 2.75) is 0 Å². The van der Waals surface area contributed by atoms with Crippen molar-refractivity contribution in [3.8, 4) is 0 Å². The molecule has 0 aromatic rings. The number of hydrogen-bond donors (Lipinski definition) is 0. The van der Waals surface area contributed by atoms with E-state index in [-0.39, 0.29) is 0 Å². The van der Waals surface area contributed by atoms with Crippen LogP contribution in [0.2, 0.25) is 0 Å². The first kappa shape index (κ1) is 7.35. The lowest BCUT2D eigenvalue weighted by Crippen LogP contribution is -1.82. The smallest absolute Gasteiger partial charge is 0.169 e. The van der Waals surface area contributed by atoms with Crippen LogP contribution >= 0.6 is 8.38 Å². The molecule has 0 N–H and O–H groups in total. The van der Waals surface area contributed by atoms with Gasteiger partial charge in [-0.05, 0) is 6.92 Å². The van der Waals surface area contributed by atoms with Gasteiger partial charge in [0, 0.05) is 20.4 Å². The molecule has 3 heteroatoms. The molecule has 0 amide bonds. The minimum atomic E-state index is -0.665. The topological polar surface area (TPSA) is 18.5 Å². The lowest BCUT2D eigenvalue weighted by Gasteiger charge is -2.06. The molecule has 0 bridgehead atoms. The third-order valence-corrected chi connectivity index (χ3v) is 1.77. The van der Waals surface area contributed by atoms with Crippen molar-refractivity contribution in [1.29, 1.82) is 0 Å². The normalized spacial score (nSPS) is 10.3. The van der Waals surface area contributed by atoms with E-state index in [2.05, 4.69) is 6.92 Å². The molecule has 0 fully saturated rings. The van der Waals surface area contributed by atoms with Crippen LogP contribution in [0.1, 0.15) is 0 Å². The van der Waals surface area contributed by atoms with E-state index < -0.39 is 8.38 Å². The van der Waals surface area contributed by atoms with Gasteiger partial charge in [-0.3, -0.25) is 0 Å². The molecule has 0 heterocycles. The molecule has 0 aliphatic heterocycles. The van der Waals surface area contributed by atoms with Crippen LogP contribution in [0.5, 0.6) is 0 Å². The minimum absolute atomic E-state index is 0.665. The zero-order chi connectivity index (χ0) is 5.70. The molecule has 0 aliphatic carbocycles. The van der Waals surface area contributed by atoms with Gasteiger partial charge in [-0.2, -0.15) is 0 Å². The maximum atomic E-state index is 4.83. The zero-order valence-corrected chi connectivity index (χ0v) is 5.57. The highest BCUT2D eigenvalue weighted by molar-refractivity contribution is 7.47. The van der Waals surface area contributed by atoms with Crippen LogP contribution < -0.4 is 0 Å². The Morgan fingerprint density at radius 2 is 1.86 bits per heavy atom.